The van der Waals surface area contributed by atoms with E-state index in [1.807, 2.05) is 0 Å². The molecular formula is C14H16F3NO3. The fraction of sp³-hybridized carbons (Fsp3) is 0.500. The first-order valence-electron chi connectivity index (χ1n) is 6.55. The van der Waals surface area contributed by atoms with Gasteiger partial charge in [0.25, 0.3) is 5.91 Å². The second-order valence-electron chi connectivity index (χ2n) is 4.90. The molecule has 1 N–H and O–H groups in total. The van der Waals surface area contributed by atoms with Gasteiger partial charge in [0.15, 0.2) is 0 Å². The Bertz CT molecular complexity index is 516. The first kappa shape index (κ1) is 15.8. The molecule has 0 unspecified atom stereocenters. The largest absolute Gasteiger partial charge is 0.416 e. The number of amides is 1. The van der Waals surface area contributed by atoms with Crippen LogP contribution in [-0.4, -0.2) is 41.7 Å². The molecule has 7 heteroatoms. The van der Waals surface area contributed by atoms with Crippen molar-refractivity contribution in [2.24, 2.45) is 0 Å². The van der Waals surface area contributed by atoms with Gasteiger partial charge in [-0.1, -0.05) is 18.2 Å². The normalized spacial score (nSPS) is 21.2. The van der Waals surface area contributed by atoms with Gasteiger partial charge in [0.1, 0.15) is 12.2 Å². The number of aliphatic hydroxyl groups excluding tert-OH is 1. The minimum absolute atomic E-state index is 0.00315. The second kappa shape index (κ2) is 6.03. The number of carbonyl (C=O) groups is 1. The molecule has 1 aromatic rings. The fourth-order valence-electron chi connectivity index (χ4n) is 2.34. The lowest BCUT2D eigenvalue weighted by molar-refractivity contribution is -0.148. The lowest BCUT2D eigenvalue weighted by atomic mass is 10.0. The molecule has 1 fully saturated rings. The molecule has 0 spiro atoms. The van der Waals surface area contributed by atoms with Gasteiger partial charge in [-0.2, -0.15) is 13.2 Å². The maximum absolute atomic E-state index is 13.0. The fourth-order valence-corrected chi connectivity index (χ4v) is 2.34. The molecule has 2 rings (SSSR count). The number of hydrogen-bond donors (Lipinski definition) is 1. The van der Waals surface area contributed by atoms with Crippen LogP contribution in [0.25, 0.3) is 0 Å². The van der Waals surface area contributed by atoms with E-state index in [9.17, 15) is 23.1 Å². The maximum atomic E-state index is 13.0. The molecule has 1 aliphatic rings. The molecule has 2 atom stereocenters. The number of rotatable bonds is 2. The molecule has 1 heterocycles. The van der Waals surface area contributed by atoms with Gasteiger partial charge < -0.3 is 14.7 Å². The first-order chi connectivity index (χ1) is 9.80. The van der Waals surface area contributed by atoms with E-state index < -0.39 is 29.9 Å². The zero-order valence-electron chi connectivity index (χ0n) is 11.4. The lowest BCUT2D eigenvalue weighted by Crippen LogP contribution is -2.46. The van der Waals surface area contributed by atoms with Crippen LogP contribution in [0.1, 0.15) is 24.2 Å². The van der Waals surface area contributed by atoms with E-state index in [0.717, 1.165) is 6.07 Å². The maximum Gasteiger partial charge on any atom is 0.416 e. The molecule has 0 saturated carbocycles. The molecule has 0 bridgehead atoms. The van der Waals surface area contributed by atoms with Crippen molar-refractivity contribution in [1.82, 2.24) is 4.90 Å². The molecule has 0 aliphatic carbocycles. The Labute approximate surface area is 120 Å². The van der Waals surface area contributed by atoms with Crippen molar-refractivity contribution in [2.75, 3.05) is 19.7 Å². The monoisotopic (exact) mass is 303 g/mol. The third-order valence-corrected chi connectivity index (χ3v) is 3.35. The van der Waals surface area contributed by atoms with Gasteiger partial charge in [-0.25, -0.2) is 0 Å². The van der Waals surface area contributed by atoms with E-state index in [1.54, 1.807) is 0 Å². The van der Waals surface area contributed by atoms with Crippen LogP contribution < -0.4 is 0 Å². The Morgan fingerprint density at radius 2 is 2.10 bits per heavy atom. The first-order valence-corrected chi connectivity index (χ1v) is 6.55. The average Bonchev–Trinajstić information content (AvgIpc) is 2.45. The van der Waals surface area contributed by atoms with Gasteiger partial charge in [0, 0.05) is 6.54 Å². The number of alkyl halides is 3. The predicted octanol–water partition coefficient (Wildman–Crippen LogP) is 1.99. The molecular weight excluding hydrogens is 287 g/mol. The molecule has 21 heavy (non-hydrogen) atoms. The van der Waals surface area contributed by atoms with E-state index in [2.05, 4.69) is 0 Å². The molecule has 0 aromatic heterocycles. The zero-order valence-corrected chi connectivity index (χ0v) is 11.4. The Morgan fingerprint density at radius 3 is 2.71 bits per heavy atom. The number of halogens is 3. The highest BCUT2D eigenvalue weighted by Gasteiger charge is 2.37. The molecule has 1 amide bonds. The van der Waals surface area contributed by atoms with Crippen LogP contribution in [0.3, 0.4) is 0 Å². The predicted molar refractivity (Wildman–Crippen MR) is 68.4 cm³/mol. The molecule has 1 saturated heterocycles. The Morgan fingerprint density at radius 1 is 1.43 bits per heavy atom. The number of morpholine rings is 1. The summed E-state index contributed by atoms with van der Waals surface area (Å²) in [4.78, 5) is 13.1. The van der Waals surface area contributed by atoms with Crippen molar-refractivity contribution in [2.45, 2.75) is 25.3 Å². The van der Waals surface area contributed by atoms with Gasteiger partial charge in [0.05, 0.1) is 18.7 Å². The number of benzene rings is 1. The Kier molecular flexibility index (Phi) is 4.53. The van der Waals surface area contributed by atoms with E-state index in [0.29, 0.717) is 0 Å². The molecule has 1 aliphatic heterocycles. The summed E-state index contributed by atoms with van der Waals surface area (Å²) >= 11 is 0. The van der Waals surface area contributed by atoms with Crippen LogP contribution in [-0.2, 0) is 15.7 Å². The summed E-state index contributed by atoms with van der Waals surface area (Å²) in [6.45, 7) is 1.72. The third kappa shape index (κ3) is 3.54. The highest BCUT2D eigenvalue weighted by atomic mass is 19.4. The topological polar surface area (TPSA) is 49.8 Å². The third-order valence-electron chi connectivity index (χ3n) is 3.35. The smallest absolute Gasteiger partial charge is 0.384 e. The van der Waals surface area contributed by atoms with Crippen molar-refractivity contribution in [3.63, 3.8) is 0 Å². The van der Waals surface area contributed by atoms with Crippen LogP contribution in [0.2, 0.25) is 0 Å². The summed E-state index contributed by atoms with van der Waals surface area (Å²) in [5.74, 6) is -0.507. The average molecular weight is 303 g/mol. The number of ether oxygens (including phenoxy) is 1. The minimum Gasteiger partial charge on any atom is -0.384 e. The molecule has 116 valence electrons. The number of hydrogen-bond acceptors (Lipinski definition) is 3. The van der Waals surface area contributed by atoms with Crippen LogP contribution >= 0.6 is 0 Å². The quantitative estimate of drug-likeness (QED) is 0.909. The van der Waals surface area contributed by atoms with Crippen molar-refractivity contribution >= 4 is 5.91 Å². The highest BCUT2D eigenvalue weighted by molar-refractivity contribution is 5.80. The van der Waals surface area contributed by atoms with Gasteiger partial charge in [-0.15, -0.1) is 0 Å². The summed E-state index contributed by atoms with van der Waals surface area (Å²) < 4.78 is 44.4. The minimum atomic E-state index is -4.48. The number of aliphatic hydroxyl groups is 1. The van der Waals surface area contributed by atoms with Crippen molar-refractivity contribution in [3.05, 3.63) is 35.4 Å². The van der Waals surface area contributed by atoms with Crippen LogP contribution in [0.15, 0.2) is 24.3 Å². The van der Waals surface area contributed by atoms with E-state index >= 15 is 0 Å². The zero-order chi connectivity index (χ0) is 15.6. The van der Waals surface area contributed by atoms with Crippen molar-refractivity contribution in [3.8, 4) is 0 Å². The molecule has 4 nitrogen and oxygen atoms in total. The van der Waals surface area contributed by atoms with Crippen molar-refractivity contribution in [1.29, 1.82) is 0 Å². The van der Waals surface area contributed by atoms with Crippen LogP contribution in [0.5, 0.6) is 0 Å². The van der Waals surface area contributed by atoms with Gasteiger partial charge in [0.2, 0.25) is 0 Å². The summed E-state index contributed by atoms with van der Waals surface area (Å²) in [5, 5.41) is 9.30. The van der Waals surface area contributed by atoms with E-state index in [4.69, 9.17) is 4.74 Å². The standard InChI is InChI=1S/C14H16F3NO3/c1-9(19)13(20)18-6-7-21-12(8-18)10-4-2-3-5-11(10)14(15,16)17/h2-5,9,12,19H,6-8H2,1H3/t9-,12-/m0/s1. The second-order valence-corrected chi connectivity index (χ2v) is 4.90. The summed E-state index contributed by atoms with van der Waals surface area (Å²) in [6, 6.07) is 5.16. The Hall–Kier alpha value is -1.60. The number of nitrogens with zero attached hydrogens (tertiary/aromatic N) is 1. The summed E-state index contributed by atoms with van der Waals surface area (Å²) in [5.41, 5.74) is -0.755. The van der Waals surface area contributed by atoms with Gasteiger partial charge in [-0.3, -0.25) is 4.79 Å². The van der Waals surface area contributed by atoms with Gasteiger partial charge >= 0.3 is 6.18 Å². The Balaban J connectivity index is 2.25. The molecule has 0 radical (unpaired) electrons. The highest BCUT2D eigenvalue weighted by Crippen LogP contribution is 2.36. The van der Waals surface area contributed by atoms with Crippen molar-refractivity contribution < 1.29 is 27.8 Å². The van der Waals surface area contributed by atoms with E-state index in [1.165, 1.54) is 30.0 Å². The number of carbonyl (C=O) groups excluding carboxylic acids is 1. The van der Waals surface area contributed by atoms with E-state index in [-0.39, 0.29) is 25.3 Å². The lowest BCUT2D eigenvalue weighted by Gasteiger charge is -2.34. The molecule has 1 aromatic carbocycles. The van der Waals surface area contributed by atoms with Crippen LogP contribution in [0, 0.1) is 0 Å². The summed E-state index contributed by atoms with van der Waals surface area (Å²) in [7, 11) is 0. The van der Waals surface area contributed by atoms with Gasteiger partial charge in [-0.05, 0) is 18.6 Å². The van der Waals surface area contributed by atoms with Crippen LogP contribution in [0.4, 0.5) is 13.2 Å². The summed E-state index contributed by atoms with van der Waals surface area (Å²) in [6.07, 6.45) is -6.50. The SMILES string of the molecule is C[C@H](O)C(=O)N1CCO[C@H](c2ccccc2C(F)(F)F)C1.